The molecule has 1 aromatic carbocycles. The van der Waals surface area contributed by atoms with E-state index in [0.717, 1.165) is 41.9 Å². The second-order valence-electron chi connectivity index (χ2n) is 4.88. The Hall–Kier alpha value is -1.29. The van der Waals surface area contributed by atoms with Gasteiger partial charge in [-0.05, 0) is 37.5 Å². The Morgan fingerprint density at radius 1 is 1.39 bits per heavy atom. The van der Waals surface area contributed by atoms with Gasteiger partial charge in [0.1, 0.15) is 5.78 Å². The molecule has 1 aliphatic carbocycles. The zero-order valence-corrected chi connectivity index (χ0v) is 11.2. The van der Waals surface area contributed by atoms with E-state index in [2.05, 4.69) is 29.0 Å². The van der Waals surface area contributed by atoms with Gasteiger partial charge in [-0.3, -0.25) is 4.79 Å². The molecular formula is C14H16N2OS. The molecular weight excluding hydrogens is 244 g/mol. The van der Waals surface area contributed by atoms with Crippen LogP contribution >= 0.6 is 11.8 Å². The van der Waals surface area contributed by atoms with E-state index in [4.69, 9.17) is 0 Å². The molecule has 0 bridgehead atoms. The van der Waals surface area contributed by atoms with E-state index in [1.165, 1.54) is 5.56 Å². The summed E-state index contributed by atoms with van der Waals surface area (Å²) in [6.07, 6.45) is 3.93. The molecule has 1 atom stereocenters. The Morgan fingerprint density at radius 3 is 3.11 bits per heavy atom. The number of ketones is 1. The van der Waals surface area contributed by atoms with Crippen LogP contribution in [0.4, 0.5) is 0 Å². The zero-order chi connectivity index (χ0) is 12.5. The van der Waals surface area contributed by atoms with Crippen LogP contribution in [-0.4, -0.2) is 21.0 Å². The molecule has 0 unspecified atom stereocenters. The molecule has 1 saturated carbocycles. The van der Waals surface area contributed by atoms with Gasteiger partial charge in [0.2, 0.25) is 0 Å². The smallest absolute Gasteiger partial charge is 0.167 e. The molecule has 0 saturated heterocycles. The van der Waals surface area contributed by atoms with Crippen molar-refractivity contribution in [1.82, 2.24) is 9.97 Å². The largest absolute Gasteiger partial charge is 0.333 e. The maximum atomic E-state index is 11.8. The van der Waals surface area contributed by atoms with E-state index in [9.17, 15) is 4.79 Å². The fourth-order valence-corrected chi connectivity index (χ4v) is 3.49. The minimum Gasteiger partial charge on any atom is -0.333 e. The Morgan fingerprint density at radius 2 is 2.28 bits per heavy atom. The predicted octanol–water partition coefficient (Wildman–Crippen LogP) is 3.48. The van der Waals surface area contributed by atoms with Crippen molar-refractivity contribution < 1.29 is 4.79 Å². The number of nitrogens with zero attached hydrogens (tertiary/aromatic N) is 1. The van der Waals surface area contributed by atoms with Gasteiger partial charge in [-0.2, -0.15) is 0 Å². The molecule has 94 valence electrons. The van der Waals surface area contributed by atoms with E-state index in [1.54, 1.807) is 11.8 Å². The second-order valence-corrected chi connectivity index (χ2v) is 6.07. The van der Waals surface area contributed by atoms with E-state index in [1.807, 2.05) is 6.07 Å². The Balaban J connectivity index is 1.84. The third-order valence-corrected chi connectivity index (χ3v) is 4.57. The summed E-state index contributed by atoms with van der Waals surface area (Å²) < 4.78 is 0. The van der Waals surface area contributed by atoms with Crippen LogP contribution in [0.15, 0.2) is 23.4 Å². The van der Waals surface area contributed by atoms with E-state index < -0.39 is 0 Å². The van der Waals surface area contributed by atoms with Gasteiger partial charge in [0.15, 0.2) is 5.16 Å². The second kappa shape index (κ2) is 4.76. The first-order valence-corrected chi connectivity index (χ1v) is 7.26. The lowest BCUT2D eigenvalue weighted by Crippen LogP contribution is -2.21. The van der Waals surface area contributed by atoms with Gasteiger partial charge < -0.3 is 4.98 Å². The average Bonchev–Trinajstić information content (AvgIpc) is 2.73. The molecule has 0 spiro atoms. The fourth-order valence-electron chi connectivity index (χ4n) is 2.37. The summed E-state index contributed by atoms with van der Waals surface area (Å²) in [7, 11) is 0. The molecule has 0 aliphatic heterocycles. The summed E-state index contributed by atoms with van der Waals surface area (Å²) in [6.45, 7) is 2.07. The van der Waals surface area contributed by atoms with E-state index in [-0.39, 0.29) is 5.25 Å². The van der Waals surface area contributed by atoms with Crippen molar-refractivity contribution in [3.63, 3.8) is 0 Å². The lowest BCUT2D eigenvalue weighted by Gasteiger charge is -2.18. The number of carbonyl (C=O) groups is 1. The molecule has 1 N–H and O–H groups in total. The number of benzene rings is 1. The number of rotatable bonds is 2. The summed E-state index contributed by atoms with van der Waals surface area (Å²) in [4.78, 5) is 19.6. The molecule has 3 nitrogen and oxygen atoms in total. The molecule has 0 radical (unpaired) electrons. The van der Waals surface area contributed by atoms with Crippen molar-refractivity contribution in [2.45, 2.75) is 43.0 Å². The number of aryl methyl sites for hydroxylation is 1. The molecule has 0 amide bonds. The number of imidazole rings is 1. The number of aromatic nitrogens is 2. The van der Waals surface area contributed by atoms with Gasteiger partial charge in [-0.1, -0.05) is 24.2 Å². The van der Waals surface area contributed by atoms with Gasteiger partial charge in [0, 0.05) is 6.42 Å². The van der Waals surface area contributed by atoms with Crippen LogP contribution in [-0.2, 0) is 4.79 Å². The molecule has 2 aromatic rings. The molecule has 4 heteroatoms. The highest BCUT2D eigenvalue weighted by Gasteiger charge is 2.24. The highest BCUT2D eigenvalue weighted by molar-refractivity contribution is 8.00. The number of hydrogen-bond acceptors (Lipinski definition) is 3. The van der Waals surface area contributed by atoms with Gasteiger partial charge >= 0.3 is 0 Å². The number of hydrogen-bond donors (Lipinski definition) is 1. The number of carbonyl (C=O) groups excluding carboxylic acids is 1. The van der Waals surface area contributed by atoms with Crippen LogP contribution in [0.25, 0.3) is 11.0 Å². The fraction of sp³-hybridized carbons (Fsp3) is 0.429. The number of H-pyrrole nitrogens is 1. The number of aromatic amines is 1. The Labute approximate surface area is 110 Å². The van der Waals surface area contributed by atoms with Crippen LogP contribution < -0.4 is 0 Å². The van der Waals surface area contributed by atoms with Crippen molar-refractivity contribution >= 4 is 28.6 Å². The first-order valence-electron chi connectivity index (χ1n) is 6.38. The number of Topliss-reactive ketones (excluding diaryl/α,β-unsaturated/α-hetero) is 1. The third-order valence-electron chi connectivity index (χ3n) is 3.37. The monoisotopic (exact) mass is 260 g/mol. The number of nitrogens with one attached hydrogen (secondary N) is 1. The predicted molar refractivity (Wildman–Crippen MR) is 74.0 cm³/mol. The molecule has 1 aromatic heterocycles. The molecule has 1 heterocycles. The Bertz CT molecular complexity index is 590. The number of fused-ring (bicyclic) bond motifs is 1. The van der Waals surface area contributed by atoms with Crippen LogP contribution in [0.5, 0.6) is 0 Å². The molecule has 1 fully saturated rings. The lowest BCUT2D eigenvalue weighted by atomic mass is 9.99. The summed E-state index contributed by atoms with van der Waals surface area (Å²) >= 11 is 1.59. The van der Waals surface area contributed by atoms with Gasteiger partial charge in [0.25, 0.3) is 0 Å². The quantitative estimate of drug-likeness (QED) is 0.899. The molecule has 1 aliphatic rings. The SMILES string of the molecule is Cc1ccc2nc(S[C@@H]3CCCCC3=O)[nH]c2c1. The molecule has 18 heavy (non-hydrogen) atoms. The highest BCUT2D eigenvalue weighted by Crippen LogP contribution is 2.31. The summed E-state index contributed by atoms with van der Waals surface area (Å²) in [6, 6.07) is 6.17. The average molecular weight is 260 g/mol. The van der Waals surface area contributed by atoms with Gasteiger partial charge in [0.05, 0.1) is 16.3 Å². The minimum absolute atomic E-state index is 0.0976. The normalized spacial score (nSPS) is 20.5. The van der Waals surface area contributed by atoms with Crippen molar-refractivity contribution in [2.75, 3.05) is 0 Å². The topological polar surface area (TPSA) is 45.8 Å². The van der Waals surface area contributed by atoms with E-state index in [0.29, 0.717) is 5.78 Å². The van der Waals surface area contributed by atoms with Crippen molar-refractivity contribution in [3.8, 4) is 0 Å². The lowest BCUT2D eigenvalue weighted by molar-refractivity contribution is -0.119. The molecule has 3 rings (SSSR count). The first kappa shape index (κ1) is 11.8. The van der Waals surface area contributed by atoms with Crippen LogP contribution in [0, 0.1) is 6.92 Å². The zero-order valence-electron chi connectivity index (χ0n) is 10.4. The summed E-state index contributed by atoms with van der Waals surface area (Å²) in [5, 5.41) is 0.969. The maximum absolute atomic E-state index is 11.8. The van der Waals surface area contributed by atoms with Crippen molar-refractivity contribution in [2.24, 2.45) is 0 Å². The Kier molecular flexibility index (Phi) is 3.12. The van der Waals surface area contributed by atoms with Crippen molar-refractivity contribution in [3.05, 3.63) is 23.8 Å². The van der Waals surface area contributed by atoms with Gasteiger partial charge in [-0.25, -0.2) is 4.98 Å². The van der Waals surface area contributed by atoms with Crippen LogP contribution in [0.2, 0.25) is 0 Å². The van der Waals surface area contributed by atoms with Gasteiger partial charge in [-0.15, -0.1) is 0 Å². The minimum atomic E-state index is 0.0976. The highest BCUT2D eigenvalue weighted by atomic mass is 32.2. The summed E-state index contributed by atoms with van der Waals surface area (Å²) in [5.41, 5.74) is 3.25. The summed E-state index contributed by atoms with van der Waals surface area (Å²) in [5.74, 6) is 0.378. The van der Waals surface area contributed by atoms with Crippen LogP contribution in [0.3, 0.4) is 0 Å². The number of thioether (sulfide) groups is 1. The first-order chi connectivity index (χ1) is 8.72. The van der Waals surface area contributed by atoms with Crippen LogP contribution in [0.1, 0.15) is 31.2 Å². The standard InChI is InChI=1S/C14H16N2OS/c1-9-6-7-10-11(8-9)16-14(15-10)18-13-5-3-2-4-12(13)17/h6-8,13H,2-5H2,1H3,(H,15,16)/t13-/m1/s1. The van der Waals surface area contributed by atoms with Crippen molar-refractivity contribution in [1.29, 1.82) is 0 Å². The third kappa shape index (κ3) is 2.29. The maximum Gasteiger partial charge on any atom is 0.167 e. The van der Waals surface area contributed by atoms with E-state index >= 15 is 0 Å².